The van der Waals surface area contributed by atoms with Gasteiger partial charge >= 0.3 is 0 Å². The number of hydrogen-bond acceptors (Lipinski definition) is 2. The zero-order valence-electron chi connectivity index (χ0n) is 14.4. The molecule has 1 aliphatic heterocycles. The van der Waals surface area contributed by atoms with Crippen LogP contribution in [0.1, 0.15) is 30.1 Å². The van der Waals surface area contributed by atoms with Gasteiger partial charge in [-0.3, -0.25) is 4.79 Å². The van der Waals surface area contributed by atoms with Crippen molar-refractivity contribution in [1.29, 1.82) is 0 Å². The van der Waals surface area contributed by atoms with E-state index in [0.29, 0.717) is 10.9 Å². The van der Waals surface area contributed by atoms with Crippen LogP contribution in [0.3, 0.4) is 0 Å². The molecule has 1 aliphatic rings. The Morgan fingerprint density at radius 1 is 1.12 bits per heavy atom. The average Bonchev–Trinajstić information content (AvgIpc) is 3.11. The molecule has 1 N–H and O–H groups in total. The van der Waals surface area contributed by atoms with E-state index in [1.54, 1.807) is 12.2 Å². The van der Waals surface area contributed by atoms with Gasteiger partial charge in [-0.25, -0.2) is 4.98 Å². The highest BCUT2D eigenvalue weighted by Gasteiger charge is 2.24. The lowest BCUT2D eigenvalue weighted by Gasteiger charge is -2.30. The van der Waals surface area contributed by atoms with Gasteiger partial charge < -0.3 is 9.88 Å². The van der Waals surface area contributed by atoms with Crippen LogP contribution < -0.4 is 0 Å². The fraction of sp³-hybridized carbons (Fsp3) is 0.238. The number of piperidine rings is 1. The molecule has 0 radical (unpaired) electrons. The maximum atomic E-state index is 12.4. The first-order chi connectivity index (χ1) is 12.7. The van der Waals surface area contributed by atoms with Crippen molar-refractivity contribution < 1.29 is 4.79 Å². The Hall–Kier alpha value is -2.59. The Bertz CT molecular complexity index is 922. The zero-order valence-corrected chi connectivity index (χ0v) is 15.1. The third kappa shape index (κ3) is 3.51. The number of aromatic nitrogens is 2. The fourth-order valence-corrected chi connectivity index (χ4v) is 3.61. The van der Waals surface area contributed by atoms with E-state index in [0.717, 1.165) is 48.4 Å². The number of likely N-dealkylation sites (tertiary alicyclic amines) is 1. The number of halogens is 1. The van der Waals surface area contributed by atoms with E-state index in [2.05, 4.69) is 4.98 Å². The summed E-state index contributed by atoms with van der Waals surface area (Å²) >= 11 is 6.13. The van der Waals surface area contributed by atoms with Gasteiger partial charge in [-0.2, -0.15) is 0 Å². The minimum absolute atomic E-state index is 0.0352. The average molecular weight is 366 g/mol. The molecule has 1 amide bonds. The van der Waals surface area contributed by atoms with E-state index in [1.807, 2.05) is 53.4 Å². The van der Waals surface area contributed by atoms with Crippen molar-refractivity contribution in [2.24, 2.45) is 0 Å². The summed E-state index contributed by atoms with van der Waals surface area (Å²) in [4.78, 5) is 22.5. The van der Waals surface area contributed by atoms with Gasteiger partial charge in [0.1, 0.15) is 5.82 Å². The Morgan fingerprint density at radius 3 is 2.62 bits per heavy atom. The SMILES string of the molecule is O=C(/C=C/c1ccccc1Cl)N1CCC(c2nc3ccccc3[nH]2)CC1. The van der Waals surface area contributed by atoms with Crippen LogP contribution in [-0.2, 0) is 4.79 Å². The van der Waals surface area contributed by atoms with Gasteiger partial charge in [-0.05, 0) is 42.7 Å². The Kier molecular flexibility index (Phi) is 4.76. The third-order valence-electron chi connectivity index (χ3n) is 4.91. The van der Waals surface area contributed by atoms with Crippen LogP contribution >= 0.6 is 11.6 Å². The second kappa shape index (κ2) is 7.34. The highest BCUT2D eigenvalue weighted by Crippen LogP contribution is 2.28. The number of rotatable bonds is 3. The number of hydrogen-bond donors (Lipinski definition) is 1. The van der Waals surface area contributed by atoms with Crippen LogP contribution in [0.25, 0.3) is 17.1 Å². The summed E-state index contributed by atoms with van der Waals surface area (Å²) in [6.45, 7) is 1.49. The fourth-order valence-electron chi connectivity index (χ4n) is 3.42. The molecule has 3 aromatic rings. The molecule has 5 heteroatoms. The van der Waals surface area contributed by atoms with Crippen molar-refractivity contribution in [3.63, 3.8) is 0 Å². The molecule has 26 heavy (non-hydrogen) atoms. The number of para-hydroxylation sites is 2. The molecular weight excluding hydrogens is 346 g/mol. The van der Waals surface area contributed by atoms with Crippen molar-refractivity contribution in [3.05, 3.63) is 71.0 Å². The van der Waals surface area contributed by atoms with Crippen LogP contribution in [0.4, 0.5) is 0 Å². The molecule has 4 nitrogen and oxygen atoms in total. The predicted octanol–water partition coefficient (Wildman–Crippen LogP) is 4.64. The first kappa shape index (κ1) is 16.9. The Morgan fingerprint density at radius 2 is 1.85 bits per heavy atom. The van der Waals surface area contributed by atoms with Crippen LogP contribution in [-0.4, -0.2) is 33.9 Å². The highest BCUT2D eigenvalue weighted by molar-refractivity contribution is 6.32. The molecule has 0 saturated carbocycles. The monoisotopic (exact) mass is 365 g/mol. The molecule has 0 aliphatic carbocycles. The molecular formula is C21H20ClN3O. The smallest absolute Gasteiger partial charge is 0.246 e. The van der Waals surface area contributed by atoms with Crippen molar-refractivity contribution >= 4 is 34.6 Å². The maximum Gasteiger partial charge on any atom is 0.246 e. The molecule has 0 atom stereocenters. The van der Waals surface area contributed by atoms with E-state index < -0.39 is 0 Å². The molecule has 0 bridgehead atoms. The molecule has 1 fully saturated rings. The zero-order chi connectivity index (χ0) is 17.9. The van der Waals surface area contributed by atoms with Crippen molar-refractivity contribution in [1.82, 2.24) is 14.9 Å². The lowest BCUT2D eigenvalue weighted by molar-refractivity contribution is -0.127. The van der Waals surface area contributed by atoms with Crippen LogP contribution in [0.5, 0.6) is 0 Å². The number of aromatic amines is 1. The molecule has 0 spiro atoms. The van der Waals surface area contributed by atoms with E-state index in [1.165, 1.54) is 0 Å². The van der Waals surface area contributed by atoms with Crippen LogP contribution in [0.15, 0.2) is 54.6 Å². The van der Waals surface area contributed by atoms with Gasteiger partial charge in [0.15, 0.2) is 0 Å². The summed E-state index contributed by atoms with van der Waals surface area (Å²) in [6.07, 6.45) is 5.25. The van der Waals surface area contributed by atoms with E-state index >= 15 is 0 Å². The number of nitrogens with zero attached hydrogens (tertiary/aromatic N) is 2. The number of imidazole rings is 1. The lowest BCUT2D eigenvalue weighted by Crippen LogP contribution is -2.37. The van der Waals surface area contributed by atoms with Crippen LogP contribution in [0, 0.1) is 0 Å². The second-order valence-electron chi connectivity index (χ2n) is 6.59. The van der Waals surface area contributed by atoms with Gasteiger partial charge in [0.05, 0.1) is 11.0 Å². The molecule has 4 rings (SSSR count). The quantitative estimate of drug-likeness (QED) is 0.687. The van der Waals surface area contributed by atoms with Crippen molar-refractivity contribution in [2.45, 2.75) is 18.8 Å². The normalized spacial score (nSPS) is 15.8. The minimum atomic E-state index is 0.0352. The number of H-pyrrole nitrogens is 1. The minimum Gasteiger partial charge on any atom is -0.342 e. The molecule has 2 aromatic carbocycles. The van der Waals surface area contributed by atoms with Crippen molar-refractivity contribution in [2.75, 3.05) is 13.1 Å². The van der Waals surface area contributed by atoms with Gasteiger partial charge in [0.2, 0.25) is 5.91 Å². The molecule has 2 heterocycles. The summed E-state index contributed by atoms with van der Waals surface area (Å²) in [7, 11) is 0. The summed E-state index contributed by atoms with van der Waals surface area (Å²) in [5.74, 6) is 1.44. The topological polar surface area (TPSA) is 49.0 Å². The highest BCUT2D eigenvalue weighted by atomic mass is 35.5. The lowest BCUT2D eigenvalue weighted by atomic mass is 9.96. The Labute approximate surface area is 157 Å². The first-order valence-electron chi connectivity index (χ1n) is 8.87. The maximum absolute atomic E-state index is 12.4. The number of benzene rings is 2. The third-order valence-corrected chi connectivity index (χ3v) is 5.26. The summed E-state index contributed by atoms with van der Waals surface area (Å²) in [5.41, 5.74) is 2.94. The second-order valence-corrected chi connectivity index (χ2v) is 7.00. The number of carbonyl (C=O) groups excluding carboxylic acids is 1. The van der Waals surface area contributed by atoms with E-state index in [4.69, 9.17) is 16.6 Å². The van der Waals surface area contributed by atoms with Gasteiger partial charge in [-0.15, -0.1) is 0 Å². The summed E-state index contributed by atoms with van der Waals surface area (Å²) in [6, 6.07) is 15.6. The van der Waals surface area contributed by atoms with E-state index in [9.17, 15) is 4.79 Å². The first-order valence-corrected chi connectivity index (χ1v) is 9.24. The number of nitrogens with one attached hydrogen (secondary N) is 1. The largest absolute Gasteiger partial charge is 0.342 e. The number of carbonyl (C=O) groups is 1. The van der Waals surface area contributed by atoms with Crippen molar-refractivity contribution in [3.8, 4) is 0 Å². The molecule has 1 aromatic heterocycles. The number of amides is 1. The standard InChI is InChI=1S/C21H20ClN3O/c22-17-6-2-1-5-15(17)9-10-20(26)25-13-11-16(12-14-25)21-23-18-7-3-4-8-19(18)24-21/h1-10,16H,11-14H2,(H,23,24)/b10-9+. The van der Waals surface area contributed by atoms with Gasteiger partial charge in [0, 0.05) is 30.1 Å². The summed E-state index contributed by atoms with van der Waals surface area (Å²) < 4.78 is 0. The van der Waals surface area contributed by atoms with Crippen LogP contribution in [0.2, 0.25) is 5.02 Å². The van der Waals surface area contributed by atoms with E-state index in [-0.39, 0.29) is 5.91 Å². The van der Waals surface area contributed by atoms with Gasteiger partial charge in [-0.1, -0.05) is 41.9 Å². The Balaban J connectivity index is 1.38. The molecule has 0 unspecified atom stereocenters. The predicted molar refractivity (Wildman–Crippen MR) is 105 cm³/mol. The molecule has 1 saturated heterocycles. The number of fused-ring (bicyclic) bond motifs is 1. The summed E-state index contributed by atoms with van der Waals surface area (Å²) in [5, 5.41) is 0.653. The molecule has 132 valence electrons. The van der Waals surface area contributed by atoms with Gasteiger partial charge in [0.25, 0.3) is 0 Å².